The van der Waals surface area contributed by atoms with Crippen LogP contribution in [0.15, 0.2) is 0 Å². The van der Waals surface area contributed by atoms with Gasteiger partial charge in [0.25, 0.3) is 0 Å². The summed E-state index contributed by atoms with van der Waals surface area (Å²) in [6.45, 7) is 2.27. The molecular weight excluding hydrogens is 288 g/mol. The standard InChI is InChI=1S/C18H36O2.Ca/c1-2-3-4-5-6-7-8-9-10-11-12-13-14-15-16-17-18(19)20;/h2-17H2,1H3,(H,19,20);/q;+1/p-1. The van der Waals surface area contributed by atoms with Crippen LogP contribution in [0.2, 0.25) is 0 Å². The van der Waals surface area contributed by atoms with Crippen molar-refractivity contribution >= 4 is 43.7 Å². The zero-order chi connectivity index (χ0) is 14.9. The van der Waals surface area contributed by atoms with Gasteiger partial charge in [-0.15, -0.1) is 0 Å². The summed E-state index contributed by atoms with van der Waals surface area (Å²) in [4.78, 5) is 10.2. The summed E-state index contributed by atoms with van der Waals surface area (Å²) in [5, 5.41) is 10.2. The van der Waals surface area contributed by atoms with Crippen molar-refractivity contribution in [2.75, 3.05) is 0 Å². The van der Waals surface area contributed by atoms with E-state index in [1.54, 1.807) is 0 Å². The van der Waals surface area contributed by atoms with Crippen molar-refractivity contribution in [3.05, 3.63) is 0 Å². The molecule has 121 valence electrons. The van der Waals surface area contributed by atoms with Gasteiger partial charge in [-0.05, 0) is 12.8 Å². The van der Waals surface area contributed by atoms with E-state index in [1.165, 1.54) is 83.5 Å². The van der Waals surface area contributed by atoms with Crippen molar-refractivity contribution < 1.29 is 9.90 Å². The second kappa shape index (κ2) is 20.7. The first kappa shape index (κ1) is 24.0. The Balaban J connectivity index is 0. The third-order valence-corrected chi connectivity index (χ3v) is 3.98. The SMILES string of the molecule is CCCCCCCCCCCCCCCCCC(=O)[O-].[Ca+]. The van der Waals surface area contributed by atoms with Gasteiger partial charge in [-0.1, -0.05) is 96.8 Å². The monoisotopic (exact) mass is 323 g/mol. The fourth-order valence-electron chi connectivity index (χ4n) is 2.64. The molecule has 2 nitrogen and oxygen atoms in total. The summed E-state index contributed by atoms with van der Waals surface area (Å²) in [6, 6.07) is 0. The topological polar surface area (TPSA) is 40.1 Å². The zero-order valence-corrected chi connectivity index (χ0v) is 16.5. The van der Waals surface area contributed by atoms with E-state index in [2.05, 4.69) is 6.92 Å². The Hall–Kier alpha value is 0.730. The smallest absolute Gasteiger partial charge is 0.550 e. The maximum atomic E-state index is 10.2. The van der Waals surface area contributed by atoms with Crippen molar-refractivity contribution in [3.63, 3.8) is 0 Å². The zero-order valence-electron chi connectivity index (χ0n) is 14.3. The van der Waals surface area contributed by atoms with Gasteiger partial charge < -0.3 is 9.90 Å². The van der Waals surface area contributed by atoms with Crippen LogP contribution in [0.1, 0.15) is 110 Å². The summed E-state index contributed by atoms with van der Waals surface area (Å²) in [7, 11) is 0. The molecule has 21 heavy (non-hydrogen) atoms. The first-order chi connectivity index (χ1) is 9.77. The number of hydrogen-bond donors (Lipinski definition) is 0. The summed E-state index contributed by atoms with van der Waals surface area (Å²) in [6.07, 6.45) is 19.9. The molecule has 1 radical (unpaired) electrons. The van der Waals surface area contributed by atoms with Crippen LogP contribution in [-0.4, -0.2) is 43.7 Å². The summed E-state index contributed by atoms with van der Waals surface area (Å²) >= 11 is 0. The number of unbranched alkanes of at least 4 members (excludes halogenated alkanes) is 14. The molecule has 0 saturated heterocycles. The van der Waals surface area contributed by atoms with Gasteiger partial charge in [0.05, 0.1) is 0 Å². The molecule has 0 aromatic carbocycles. The van der Waals surface area contributed by atoms with E-state index >= 15 is 0 Å². The van der Waals surface area contributed by atoms with E-state index in [1.807, 2.05) is 0 Å². The van der Waals surface area contributed by atoms with E-state index in [4.69, 9.17) is 0 Å². The number of carbonyl (C=O) groups excluding carboxylic acids is 1. The molecule has 0 aliphatic carbocycles. The van der Waals surface area contributed by atoms with E-state index < -0.39 is 5.97 Å². The molecule has 0 aromatic rings. The number of aliphatic carboxylic acids is 1. The fraction of sp³-hybridized carbons (Fsp3) is 0.944. The minimum absolute atomic E-state index is 0. The minimum Gasteiger partial charge on any atom is -0.550 e. The van der Waals surface area contributed by atoms with Gasteiger partial charge >= 0.3 is 37.7 Å². The molecule has 0 unspecified atom stereocenters. The predicted octanol–water partition coefficient (Wildman–Crippen LogP) is 4.62. The second-order valence-corrected chi connectivity index (χ2v) is 6.07. The number of carboxylic acids is 1. The van der Waals surface area contributed by atoms with Crippen molar-refractivity contribution in [2.24, 2.45) is 0 Å². The van der Waals surface area contributed by atoms with E-state index in [9.17, 15) is 9.90 Å². The molecular formula is C18H35CaO2. The molecule has 0 aromatic heterocycles. The maximum absolute atomic E-state index is 10.2. The van der Waals surface area contributed by atoms with Crippen molar-refractivity contribution in [1.82, 2.24) is 0 Å². The molecule has 0 saturated carbocycles. The van der Waals surface area contributed by atoms with Crippen LogP contribution < -0.4 is 5.11 Å². The van der Waals surface area contributed by atoms with Gasteiger partial charge in [0.1, 0.15) is 0 Å². The summed E-state index contributed by atoms with van der Waals surface area (Å²) < 4.78 is 0. The normalized spacial score (nSPS) is 10.3. The first-order valence-electron chi connectivity index (χ1n) is 8.97. The van der Waals surface area contributed by atoms with Gasteiger partial charge in [0.2, 0.25) is 0 Å². The third-order valence-electron chi connectivity index (χ3n) is 3.98. The largest absolute Gasteiger partial charge is 1.00 e. The number of carboxylic acid groups (broad SMARTS) is 1. The molecule has 0 rings (SSSR count). The van der Waals surface area contributed by atoms with E-state index in [0.29, 0.717) is 0 Å². The van der Waals surface area contributed by atoms with Gasteiger partial charge in [-0.3, -0.25) is 0 Å². The molecule has 0 fully saturated rings. The average Bonchev–Trinajstić information content (AvgIpc) is 2.43. The second-order valence-electron chi connectivity index (χ2n) is 6.07. The Labute approximate surface area is 162 Å². The van der Waals surface area contributed by atoms with Crippen LogP contribution in [-0.2, 0) is 4.79 Å². The van der Waals surface area contributed by atoms with Crippen LogP contribution >= 0.6 is 0 Å². The average molecular weight is 324 g/mol. The van der Waals surface area contributed by atoms with E-state index in [0.717, 1.165) is 12.8 Å². The van der Waals surface area contributed by atoms with Gasteiger partial charge in [-0.25, -0.2) is 0 Å². The molecule has 0 N–H and O–H groups in total. The quantitative estimate of drug-likeness (QED) is 0.307. The Morgan fingerprint density at radius 2 is 0.905 bits per heavy atom. The van der Waals surface area contributed by atoms with Gasteiger partial charge in [0.15, 0.2) is 0 Å². The molecule has 0 atom stereocenters. The molecule has 0 heterocycles. The summed E-state index contributed by atoms with van der Waals surface area (Å²) in [5.74, 6) is -0.903. The van der Waals surface area contributed by atoms with Crippen LogP contribution in [0.5, 0.6) is 0 Å². The van der Waals surface area contributed by atoms with Crippen LogP contribution in [0, 0.1) is 0 Å². The molecule has 0 spiro atoms. The van der Waals surface area contributed by atoms with Crippen LogP contribution in [0.25, 0.3) is 0 Å². The first-order valence-corrected chi connectivity index (χ1v) is 8.97. The molecule has 0 bridgehead atoms. The number of hydrogen-bond acceptors (Lipinski definition) is 2. The minimum atomic E-state index is -0.903. The van der Waals surface area contributed by atoms with Crippen LogP contribution in [0.4, 0.5) is 0 Å². The molecule has 0 aliphatic rings. The van der Waals surface area contributed by atoms with Crippen molar-refractivity contribution in [2.45, 2.75) is 110 Å². The Morgan fingerprint density at radius 3 is 1.19 bits per heavy atom. The van der Waals surface area contributed by atoms with Gasteiger partial charge in [-0.2, -0.15) is 0 Å². The van der Waals surface area contributed by atoms with Crippen molar-refractivity contribution in [1.29, 1.82) is 0 Å². The van der Waals surface area contributed by atoms with Gasteiger partial charge in [0, 0.05) is 5.97 Å². The predicted molar refractivity (Wildman–Crippen MR) is 90.3 cm³/mol. The van der Waals surface area contributed by atoms with E-state index in [-0.39, 0.29) is 44.2 Å². The summed E-state index contributed by atoms with van der Waals surface area (Å²) in [5.41, 5.74) is 0. The Kier molecular flexibility index (Phi) is 23.7. The Bertz CT molecular complexity index is 207. The van der Waals surface area contributed by atoms with Crippen LogP contribution in [0.3, 0.4) is 0 Å². The van der Waals surface area contributed by atoms with Crippen molar-refractivity contribution in [3.8, 4) is 0 Å². The fourth-order valence-corrected chi connectivity index (χ4v) is 2.64. The Morgan fingerprint density at radius 1 is 0.619 bits per heavy atom. The molecule has 0 amide bonds. The maximum Gasteiger partial charge on any atom is 1.00 e. The molecule has 0 aliphatic heterocycles. The number of carbonyl (C=O) groups is 1. The third kappa shape index (κ3) is 23.1. The molecule has 3 heteroatoms. The number of rotatable bonds is 16.